The van der Waals surface area contributed by atoms with Crippen LogP contribution in [0.1, 0.15) is 22.5 Å². The maximum atomic E-state index is 12.8. The van der Waals surface area contributed by atoms with Crippen LogP contribution in [0.3, 0.4) is 0 Å². The van der Waals surface area contributed by atoms with E-state index in [0.29, 0.717) is 10.1 Å². The first kappa shape index (κ1) is 15.0. The summed E-state index contributed by atoms with van der Waals surface area (Å²) in [5.41, 5.74) is -1.41. The van der Waals surface area contributed by atoms with E-state index >= 15 is 0 Å². The van der Waals surface area contributed by atoms with E-state index in [1.807, 2.05) is 0 Å². The number of pyridine rings is 1. The van der Waals surface area contributed by atoms with E-state index in [4.69, 9.17) is 0 Å². The van der Waals surface area contributed by atoms with Crippen molar-refractivity contribution in [2.45, 2.75) is 19.1 Å². The third kappa shape index (κ3) is 3.59. The summed E-state index contributed by atoms with van der Waals surface area (Å²) in [5, 5.41) is 0. The lowest BCUT2D eigenvalue weighted by atomic mass is 10.1. The van der Waals surface area contributed by atoms with Crippen LogP contribution in [0.4, 0.5) is 13.2 Å². The Bertz CT molecular complexity index is 690. The number of hydrogen-bond acceptors (Lipinski definition) is 2. The number of halogens is 3. The third-order valence-corrected chi connectivity index (χ3v) is 3.00. The van der Waals surface area contributed by atoms with Crippen molar-refractivity contribution in [2.75, 3.05) is 0 Å². The van der Waals surface area contributed by atoms with Crippen LogP contribution in [0.2, 0.25) is 0 Å². The summed E-state index contributed by atoms with van der Waals surface area (Å²) in [6.07, 6.45) is -4.80. The summed E-state index contributed by atoms with van der Waals surface area (Å²) in [5.74, 6) is -0.306. The van der Waals surface area contributed by atoms with Crippen LogP contribution in [0.15, 0.2) is 53.3 Å². The van der Waals surface area contributed by atoms with Gasteiger partial charge in [-0.1, -0.05) is 36.4 Å². The summed E-state index contributed by atoms with van der Waals surface area (Å²) in [6, 6.07) is 11.2. The quantitative estimate of drug-likeness (QED) is 0.813. The Morgan fingerprint density at radius 1 is 1.00 bits per heavy atom. The molecular formula is C15H12F3NO2. The minimum Gasteiger partial charge on any atom is -0.304 e. The first-order valence-electron chi connectivity index (χ1n) is 6.25. The number of nitrogens with zero attached hydrogens (tertiary/aromatic N) is 1. The van der Waals surface area contributed by atoms with Gasteiger partial charge < -0.3 is 4.57 Å². The first-order chi connectivity index (χ1) is 9.89. The van der Waals surface area contributed by atoms with Gasteiger partial charge in [0, 0.05) is 24.6 Å². The standard InChI is InChI=1S/C15H12F3NO2/c16-15(17,18)13-7-4-8-14(21)19(13)10-9-12(20)11-5-2-1-3-6-11/h1-8H,9-10H2. The van der Waals surface area contributed by atoms with Gasteiger partial charge in [0.25, 0.3) is 5.56 Å². The molecule has 0 aliphatic carbocycles. The van der Waals surface area contributed by atoms with Crippen LogP contribution in [0.25, 0.3) is 0 Å². The number of rotatable bonds is 4. The zero-order chi connectivity index (χ0) is 15.5. The Labute approximate surface area is 118 Å². The molecule has 0 saturated carbocycles. The SMILES string of the molecule is O=C(CCn1c(C(F)(F)F)cccc1=O)c1ccccc1. The van der Waals surface area contributed by atoms with Crippen LogP contribution in [0, 0.1) is 0 Å². The van der Waals surface area contributed by atoms with Gasteiger partial charge in [-0.25, -0.2) is 0 Å². The Morgan fingerprint density at radius 2 is 1.67 bits per heavy atom. The molecule has 6 heteroatoms. The van der Waals surface area contributed by atoms with E-state index in [0.717, 1.165) is 18.2 Å². The molecular weight excluding hydrogens is 283 g/mol. The molecule has 0 amide bonds. The van der Waals surface area contributed by atoms with Gasteiger partial charge in [0.1, 0.15) is 5.69 Å². The van der Waals surface area contributed by atoms with Gasteiger partial charge >= 0.3 is 6.18 Å². The highest BCUT2D eigenvalue weighted by atomic mass is 19.4. The molecule has 0 bridgehead atoms. The smallest absolute Gasteiger partial charge is 0.304 e. The van der Waals surface area contributed by atoms with Crippen molar-refractivity contribution in [1.29, 1.82) is 0 Å². The molecule has 0 unspecified atom stereocenters. The lowest BCUT2D eigenvalue weighted by Gasteiger charge is -2.14. The van der Waals surface area contributed by atoms with Crippen LogP contribution in [-0.4, -0.2) is 10.4 Å². The minimum absolute atomic E-state index is 0.170. The number of Topliss-reactive ketones (excluding diaryl/α,β-unsaturated/α-hetero) is 1. The van der Waals surface area contributed by atoms with Crippen molar-refractivity contribution in [3.05, 3.63) is 70.1 Å². The minimum atomic E-state index is -4.63. The molecule has 1 aromatic heterocycles. The van der Waals surface area contributed by atoms with Crippen molar-refractivity contribution < 1.29 is 18.0 Å². The maximum Gasteiger partial charge on any atom is 0.431 e. The van der Waals surface area contributed by atoms with E-state index in [2.05, 4.69) is 0 Å². The number of benzene rings is 1. The number of carbonyl (C=O) groups is 1. The van der Waals surface area contributed by atoms with Crippen molar-refractivity contribution in [3.8, 4) is 0 Å². The molecule has 3 nitrogen and oxygen atoms in total. The van der Waals surface area contributed by atoms with Gasteiger partial charge in [-0.15, -0.1) is 0 Å². The normalized spacial score (nSPS) is 11.4. The van der Waals surface area contributed by atoms with Gasteiger partial charge in [-0.3, -0.25) is 9.59 Å². The summed E-state index contributed by atoms with van der Waals surface area (Å²) in [6.45, 7) is -0.303. The fourth-order valence-corrected chi connectivity index (χ4v) is 1.98. The lowest BCUT2D eigenvalue weighted by Crippen LogP contribution is -2.28. The van der Waals surface area contributed by atoms with Crippen LogP contribution in [0.5, 0.6) is 0 Å². The Morgan fingerprint density at radius 3 is 2.29 bits per heavy atom. The molecule has 0 atom stereocenters. The Hall–Kier alpha value is -2.37. The lowest BCUT2D eigenvalue weighted by molar-refractivity contribution is -0.144. The largest absolute Gasteiger partial charge is 0.431 e. The highest BCUT2D eigenvalue weighted by molar-refractivity contribution is 5.95. The number of carbonyl (C=O) groups excluding carboxylic acids is 1. The Balaban J connectivity index is 2.21. The van der Waals surface area contributed by atoms with E-state index in [9.17, 15) is 22.8 Å². The number of ketones is 1. The van der Waals surface area contributed by atoms with Gasteiger partial charge in [0.2, 0.25) is 0 Å². The first-order valence-corrected chi connectivity index (χ1v) is 6.25. The van der Waals surface area contributed by atoms with Crippen molar-refractivity contribution in [1.82, 2.24) is 4.57 Å². The molecule has 1 aromatic carbocycles. The molecule has 0 radical (unpaired) electrons. The molecule has 2 rings (SSSR count). The molecule has 110 valence electrons. The van der Waals surface area contributed by atoms with E-state index in [1.54, 1.807) is 30.3 Å². The van der Waals surface area contributed by atoms with E-state index < -0.39 is 17.4 Å². The molecule has 0 fully saturated rings. The van der Waals surface area contributed by atoms with Crippen molar-refractivity contribution in [2.24, 2.45) is 0 Å². The number of aromatic nitrogens is 1. The van der Waals surface area contributed by atoms with Gasteiger partial charge in [-0.05, 0) is 6.07 Å². The second-order valence-electron chi connectivity index (χ2n) is 4.44. The molecule has 0 saturated heterocycles. The van der Waals surface area contributed by atoms with E-state index in [1.165, 1.54) is 0 Å². The van der Waals surface area contributed by atoms with Gasteiger partial charge in [0.05, 0.1) is 0 Å². The summed E-state index contributed by atoms with van der Waals surface area (Å²) >= 11 is 0. The summed E-state index contributed by atoms with van der Waals surface area (Å²) in [4.78, 5) is 23.5. The Kier molecular flexibility index (Phi) is 4.26. The topological polar surface area (TPSA) is 39.1 Å². The van der Waals surface area contributed by atoms with Crippen molar-refractivity contribution in [3.63, 3.8) is 0 Å². The predicted octanol–water partition coefficient (Wildman–Crippen LogP) is 3.14. The predicted molar refractivity (Wildman–Crippen MR) is 71.1 cm³/mol. The highest BCUT2D eigenvalue weighted by Gasteiger charge is 2.34. The summed E-state index contributed by atoms with van der Waals surface area (Å²) < 4.78 is 39.1. The molecule has 2 aromatic rings. The van der Waals surface area contributed by atoms with Gasteiger partial charge in [0.15, 0.2) is 5.78 Å². The molecule has 0 N–H and O–H groups in total. The average molecular weight is 295 g/mol. The molecule has 0 aliphatic rings. The van der Waals surface area contributed by atoms with Crippen molar-refractivity contribution >= 4 is 5.78 Å². The number of alkyl halides is 3. The van der Waals surface area contributed by atoms with Crippen LogP contribution >= 0.6 is 0 Å². The molecule has 0 aliphatic heterocycles. The zero-order valence-electron chi connectivity index (χ0n) is 10.9. The molecule has 0 spiro atoms. The van der Waals surface area contributed by atoms with Crippen LogP contribution < -0.4 is 5.56 Å². The second-order valence-corrected chi connectivity index (χ2v) is 4.44. The maximum absolute atomic E-state index is 12.8. The highest BCUT2D eigenvalue weighted by Crippen LogP contribution is 2.28. The van der Waals surface area contributed by atoms with E-state index in [-0.39, 0.29) is 18.7 Å². The number of hydrogen-bond donors (Lipinski definition) is 0. The fourth-order valence-electron chi connectivity index (χ4n) is 1.98. The zero-order valence-corrected chi connectivity index (χ0v) is 10.9. The fraction of sp³-hybridized carbons (Fsp3) is 0.200. The summed E-state index contributed by atoms with van der Waals surface area (Å²) in [7, 11) is 0. The third-order valence-electron chi connectivity index (χ3n) is 3.00. The second kappa shape index (κ2) is 5.95. The monoisotopic (exact) mass is 295 g/mol. The molecule has 21 heavy (non-hydrogen) atoms. The van der Waals surface area contributed by atoms with Gasteiger partial charge in [-0.2, -0.15) is 13.2 Å². The average Bonchev–Trinajstić information content (AvgIpc) is 2.45. The van der Waals surface area contributed by atoms with Crippen LogP contribution in [-0.2, 0) is 12.7 Å². The molecule has 1 heterocycles.